The highest BCUT2D eigenvalue weighted by atomic mass is 16.5. The number of anilines is 1. The number of aryl methyl sites for hydroxylation is 2. The van der Waals surface area contributed by atoms with E-state index in [-0.39, 0.29) is 23.9 Å². The van der Waals surface area contributed by atoms with Gasteiger partial charge in [0.05, 0.1) is 25.5 Å². The first-order valence-electron chi connectivity index (χ1n) is 10.7. The Balaban J connectivity index is 2.03. The van der Waals surface area contributed by atoms with Crippen LogP contribution >= 0.6 is 0 Å². The maximum atomic E-state index is 13.6. The van der Waals surface area contributed by atoms with Crippen LogP contribution in [-0.4, -0.2) is 43.0 Å². The van der Waals surface area contributed by atoms with Gasteiger partial charge in [-0.15, -0.1) is 0 Å². The van der Waals surface area contributed by atoms with Crippen molar-refractivity contribution in [1.82, 2.24) is 4.90 Å². The van der Waals surface area contributed by atoms with Crippen LogP contribution in [0, 0.1) is 13.8 Å². The second-order valence-electron chi connectivity index (χ2n) is 8.37. The summed E-state index contributed by atoms with van der Waals surface area (Å²) in [6.07, 6.45) is 3.04. The number of hydrogen-bond acceptors (Lipinski definition) is 4. The van der Waals surface area contributed by atoms with Crippen molar-refractivity contribution in [2.45, 2.75) is 59.0 Å². The lowest BCUT2D eigenvalue weighted by Crippen LogP contribution is -2.47. The minimum Gasteiger partial charge on any atom is -0.493 e. The lowest BCUT2D eigenvalue weighted by molar-refractivity contribution is 0.0511. The molecule has 31 heavy (non-hydrogen) atoms. The maximum absolute atomic E-state index is 13.6. The number of benzene rings is 2. The Hall–Kier alpha value is -3.02. The third kappa shape index (κ3) is 4.68. The first kappa shape index (κ1) is 22.7. The molecule has 0 aromatic heterocycles. The van der Waals surface area contributed by atoms with Gasteiger partial charge >= 0.3 is 0 Å². The lowest BCUT2D eigenvalue weighted by Gasteiger charge is -2.39. The van der Waals surface area contributed by atoms with Gasteiger partial charge in [-0.25, -0.2) is 0 Å². The molecule has 3 rings (SSSR count). The zero-order valence-corrected chi connectivity index (χ0v) is 19.2. The van der Waals surface area contributed by atoms with Crippen molar-refractivity contribution in [3.8, 4) is 11.5 Å². The number of nitrogens with zero attached hydrogens (tertiary/aromatic N) is 1. The molecule has 1 fully saturated rings. The number of likely N-dealkylation sites (tertiary alicyclic amines) is 1. The molecular formula is C25H32N2O4. The number of carbonyl (C=O) groups is 2. The van der Waals surface area contributed by atoms with Crippen LogP contribution in [0.1, 0.15) is 65.0 Å². The number of nitrogens with one attached hydrogen (secondary N) is 1. The molecule has 0 spiro atoms. The smallest absolute Gasteiger partial charge is 0.256 e. The summed E-state index contributed by atoms with van der Waals surface area (Å²) in [5.74, 6) is 0.525. The van der Waals surface area contributed by atoms with E-state index in [1.807, 2.05) is 30.9 Å². The highest BCUT2D eigenvalue weighted by Gasteiger charge is 2.32. The SMILES string of the molecule is COc1cc(NC(=O)c2ccc(C)cc2C)c(C(=O)N2[C@H](C)CCC[C@H]2C)cc1OC. The van der Waals surface area contributed by atoms with E-state index in [0.29, 0.717) is 28.3 Å². The molecule has 6 heteroatoms. The molecule has 0 aliphatic carbocycles. The Labute approximate surface area is 184 Å². The van der Waals surface area contributed by atoms with Crippen LogP contribution in [0.2, 0.25) is 0 Å². The summed E-state index contributed by atoms with van der Waals surface area (Å²) >= 11 is 0. The van der Waals surface area contributed by atoms with Crippen molar-refractivity contribution in [2.75, 3.05) is 19.5 Å². The summed E-state index contributed by atoms with van der Waals surface area (Å²) in [6.45, 7) is 8.03. The zero-order valence-electron chi connectivity index (χ0n) is 19.2. The van der Waals surface area contributed by atoms with Gasteiger partial charge in [0.25, 0.3) is 11.8 Å². The first-order valence-corrected chi connectivity index (χ1v) is 10.7. The van der Waals surface area contributed by atoms with Crippen LogP contribution in [0.3, 0.4) is 0 Å². The summed E-state index contributed by atoms with van der Waals surface area (Å²) in [7, 11) is 3.07. The predicted molar refractivity (Wildman–Crippen MR) is 122 cm³/mol. The Morgan fingerprint density at radius 3 is 2.13 bits per heavy atom. The van der Waals surface area contributed by atoms with E-state index < -0.39 is 0 Å². The van der Waals surface area contributed by atoms with E-state index in [1.165, 1.54) is 14.2 Å². The number of hydrogen-bond donors (Lipinski definition) is 1. The van der Waals surface area contributed by atoms with E-state index in [1.54, 1.807) is 18.2 Å². The van der Waals surface area contributed by atoms with Crippen LogP contribution in [-0.2, 0) is 0 Å². The second kappa shape index (κ2) is 9.41. The normalized spacial score (nSPS) is 18.5. The average molecular weight is 425 g/mol. The standard InChI is InChI=1S/C25H32N2O4/c1-15-10-11-19(16(2)12-15)24(28)26-21-14-23(31-6)22(30-5)13-20(21)25(29)27-17(3)8-7-9-18(27)4/h10-14,17-18H,7-9H2,1-6H3,(H,26,28)/t17-,18-/m1/s1. The average Bonchev–Trinajstić information content (AvgIpc) is 2.72. The van der Waals surface area contributed by atoms with Gasteiger partial charge in [-0.1, -0.05) is 17.7 Å². The largest absolute Gasteiger partial charge is 0.493 e. The third-order valence-electron chi connectivity index (χ3n) is 6.06. The van der Waals surface area contributed by atoms with Crippen molar-refractivity contribution in [3.05, 3.63) is 52.6 Å². The molecule has 0 saturated carbocycles. The molecule has 166 valence electrons. The quantitative estimate of drug-likeness (QED) is 0.735. The van der Waals surface area contributed by atoms with E-state index in [2.05, 4.69) is 19.2 Å². The van der Waals surface area contributed by atoms with Crippen LogP contribution in [0.5, 0.6) is 11.5 Å². The van der Waals surface area contributed by atoms with Crippen LogP contribution in [0.4, 0.5) is 5.69 Å². The minimum absolute atomic E-state index is 0.114. The molecule has 1 aliphatic heterocycles. The fraction of sp³-hybridized carbons (Fsp3) is 0.440. The molecule has 6 nitrogen and oxygen atoms in total. The van der Waals surface area contributed by atoms with Gasteiger partial charge in [-0.05, 0) is 64.7 Å². The van der Waals surface area contributed by atoms with E-state index in [9.17, 15) is 9.59 Å². The van der Waals surface area contributed by atoms with Gasteiger partial charge in [0.15, 0.2) is 11.5 Å². The number of rotatable bonds is 5. The fourth-order valence-corrected chi connectivity index (χ4v) is 4.38. The summed E-state index contributed by atoms with van der Waals surface area (Å²) in [5.41, 5.74) is 3.35. The molecule has 2 atom stereocenters. The molecule has 1 N–H and O–H groups in total. The predicted octanol–water partition coefficient (Wildman–Crippen LogP) is 4.98. The van der Waals surface area contributed by atoms with Gasteiger partial charge in [0.2, 0.25) is 0 Å². The van der Waals surface area contributed by atoms with Crippen LogP contribution < -0.4 is 14.8 Å². The fourth-order valence-electron chi connectivity index (χ4n) is 4.38. The van der Waals surface area contributed by atoms with E-state index >= 15 is 0 Å². The first-order chi connectivity index (χ1) is 14.8. The van der Waals surface area contributed by atoms with Crippen molar-refractivity contribution in [2.24, 2.45) is 0 Å². The monoisotopic (exact) mass is 424 g/mol. The van der Waals surface area contributed by atoms with Gasteiger partial charge < -0.3 is 19.7 Å². The highest BCUT2D eigenvalue weighted by Crippen LogP contribution is 2.36. The Kier molecular flexibility index (Phi) is 6.88. The molecule has 1 heterocycles. The van der Waals surface area contributed by atoms with E-state index in [4.69, 9.17) is 9.47 Å². The number of carbonyl (C=O) groups excluding carboxylic acids is 2. The molecule has 1 saturated heterocycles. The number of ether oxygens (including phenoxy) is 2. The van der Waals surface area contributed by atoms with Gasteiger partial charge in [0.1, 0.15) is 0 Å². The number of amides is 2. The van der Waals surface area contributed by atoms with Crippen molar-refractivity contribution in [1.29, 1.82) is 0 Å². The minimum atomic E-state index is -0.265. The Morgan fingerprint density at radius 2 is 1.55 bits per heavy atom. The molecule has 0 radical (unpaired) electrons. The molecule has 2 amide bonds. The highest BCUT2D eigenvalue weighted by molar-refractivity contribution is 6.10. The summed E-state index contributed by atoms with van der Waals surface area (Å²) < 4.78 is 10.9. The summed E-state index contributed by atoms with van der Waals surface area (Å²) in [4.78, 5) is 28.6. The summed E-state index contributed by atoms with van der Waals surface area (Å²) in [6, 6.07) is 9.25. The number of piperidine rings is 1. The molecule has 2 aromatic rings. The van der Waals surface area contributed by atoms with Crippen molar-refractivity contribution >= 4 is 17.5 Å². The van der Waals surface area contributed by atoms with Crippen LogP contribution in [0.25, 0.3) is 0 Å². The number of methoxy groups -OCH3 is 2. The van der Waals surface area contributed by atoms with Crippen LogP contribution in [0.15, 0.2) is 30.3 Å². The maximum Gasteiger partial charge on any atom is 0.256 e. The topological polar surface area (TPSA) is 67.9 Å². The van der Waals surface area contributed by atoms with Crippen molar-refractivity contribution < 1.29 is 19.1 Å². The molecule has 2 aromatic carbocycles. The molecule has 0 unspecified atom stereocenters. The molecule has 0 bridgehead atoms. The van der Waals surface area contributed by atoms with Gasteiger partial charge in [-0.3, -0.25) is 9.59 Å². The van der Waals surface area contributed by atoms with Gasteiger partial charge in [-0.2, -0.15) is 0 Å². The third-order valence-corrected chi connectivity index (χ3v) is 6.06. The Bertz CT molecular complexity index is 976. The molecule has 1 aliphatic rings. The summed E-state index contributed by atoms with van der Waals surface area (Å²) in [5, 5.41) is 2.94. The lowest BCUT2D eigenvalue weighted by atomic mass is 9.96. The molecular weight excluding hydrogens is 392 g/mol. The van der Waals surface area contributed by atoms with Crippen molar-refractivity contribution in [3.63, 3.8) is 0 Å². The second-order valence-corrected chi connectivity index (χ2v) is 8.37. The van der Waals surface area contributed by atoms with Gasteiger partial charge in [0, 0.05) is 23.7 Å². The zero-order chi connectivity index (χ0) is 22.7. The van der Waals surface area contributed by atoms with E-state index in [0.717, 1.165) is 30.4 Å². The Morgan fingerprint density at radius 1 is 0.935 bits per heavy atom.